The molecule has 8 nitrogen and oxygen atoms in total. The van der Waals surface area contributed by atoms with Gasteiger partial charge in [-0.15, -0.1) is 0 Å². The van der Waals surface area contributed by atoms with Crippen molar-refractivity contribution in [3.05, 3.63) is 56.8 Å². The molecule has 32 heavy (non-hydrogen) atoms. The molecule has 0 aliphatic carbocycles. The van der Waals surface area contributed by atoms with Crippen molar-refractivity contribution in [3.8, 4) is 0 Å². The van der Waals surface area contributed by atoms with E-state index in [-0.39, 0.29) is 52.0 Å². The molecule has 1 aliphatic rings. The lowest BCUT2D eigenvalue weighted by Crippen LogP contribution is -2.40. The van der Waals surface area contributed by atoms with Crippen LogP contribution in [0.3, 0.4) is 0 Å². The Labute approximate surface area is 198 Å². The van der Waals surface area contributed by atoms with Gasteiger partial charge in [0.1, 0.15) is 5.82 Å². The largest absolute Gasteiger partial charge is 0.452 e. The summed E-state index contributed by atoms with van der Waals surface area (Å²) in [6, 6.07) is 5.40. The van der Waals surface area contributed by atoms with Crippen LogP contribution < -0.4 is 5.32 Å². The van der Waals surface area contributed by atoms with Crippen molar-refractivity contribution < 1.29 is 31.9 Å². The normalized spacial score (nSPS) is 14.8. The number of hydrogen-bond donors (Lipinski definition) is 1. The fraction of sp³-hybridized carbons (Fsp3) is 0.263. The van der Waals surface area contributed by atoms with E-state index in [2.05, 4.69) is 5.32 Å². The third kappa shape index (κ3) is 5.69. The van der Waals surface area contributed by atoms with E-state index in [1.54, 1.807) is 0 Å². The van der Waals surface area contributed by atoms with Gasteiger partial charge in [0.15, 0.2) is 6.61 Å². The van der Waals surface area contributed by atoms with Crippen LogP contribution in [0.15, 0.2) is 35.2 Å². The highest BCUT2D eigenvalue weighted by atomic mass is 35.5. The summed E-state index contributed by atoms with van der Waals surface area (Å²) in [5, 5.41) is 2.81. The van der Waals surface area contributed by atoms with Crippen molar-refractivity contribution in [1.82, 2.24) is 4.31 Å². The molecular weight excluding hydrogens is 510 g/mol. The van der Waals surface area contributed by atoms with Gasteiger partial charge in [-0.2, -0.15) is 4.31 Å². The zero-order valence-corrected chi connectivity index (χ0v) is 19.3. The van der Waals surface area contributed by atoms with Crippen LogP contribution in [0.5, 0.6) is 0 Å². The van der Waals surface area contributed by atoms with E-state index in [0.29, 0.717) is 0 Å². The molecule has 172 valence electrons. The van der Waals surface area contributed by atoms with Crippen LogP contribution in [0.4, 0.5) is 10.1 Å². The van der Waals surface area contributed by atoms with E-state index in [9.17, 15) is 22.4 Å². The molecule has 0 atom stereocenters. The molecule has 0 saturated carbocycles. The standard InChI is InChI=1S/C19H16Cl3FN2O6S/c20-13-8-15(22)17(9-14(13)21)24-18(26)10-31-19(27)12-7-11(1-2-16(12)23)32(28,29)25-3-5-30-6-4-25/h1-2,7-9H,3-6,10H2,(H,24,26). The Morgan fingerprint density at radius 1 is 1.06 bits per heavy atom. The maximum absolute atomic E-state index is 14.2. The lowest BCUT2D eigenvalue weighted by Gasteiger charge is -2.26. The molecule has 0 unspecified atom stereocenters. The van der Waals surface area contributed by atoms with Gasteiger partial charge in [-0.1, -0.05) is 34.8 Å². The van der Waals surface area contributed by atoms with Crippen molar-refractivity contribution in [1.29, 1.82) is 0 Å². The first kappa shape index (κ1) is 24.7. The van der Waals surface area contributed by atoms with Crippen LogP contribution in [-0.2, 0) is 24.3 Å². The van der Waals surface area contributed by atoms with Gasteiger partial charge >= 0.3 is 5.97 Å². The smallest absolute Gasteiger partial charge is 0.341 e. The number of amides is 1. The maximum Gasteiger partial charge on any atom is 0.341 e. The molecule has 0 radical (unpaired) electrons. The number of benzene rings is 2. The maximum atomic E-state index is 14.2. The van der Waals surface area contributed by atoms with Crippen molar-refractivity contribution in [3.63, 3.8) is 0 Å². The van der Waals surface area contributed by atoms with Gasteiger partial charge < -0.3 is 14.8 Å². The number of halogens is 4. The van der Waals surface area contributed by atoms with Gasteiger partial charge in [-0.3, -0.25) is 4.79 Å². The Morgan fingerprint density at radius 2 is 1.72 bits per heavy atom. The Morgan fingerprint density at radius 3 is 2.41 bits per heavy atom. The first-order valence-electron chi connectivity index (χ1n) is 9.08. The number of ether oxygens (including phenoxy) is 2. The molecular formula is C19H16Cl3FN2O6S. The molecule has 0 spiro atoms. The van der Waals surface area contributed by atoms with E-state index in [1.165, 1.54) is 16.4 Å². The first-order valence-corrected chi connectivity index (χ1v) is 11.7. The Hall–Kier alpha value is -1.95. The molecule has 1 heterocycles. The Bertz CT molecular complexity index is 1160. The molecule has 1 saturated heterocycles. The summed E-state index contributed by atoms with van der Waals surface area (Å²) in [5.41, 5.74) is -0.494. The fourth-order valence-corrected chi connectivity index (χ4v) is 4.80. The number of carbonyl (C=O) groups is 2. The van der Waals surface area contributed by atoms with Gasteiger partial charge in [0.05, 0.1) is 44.4 Å². The van der Waals surface area contributed by atoms with Crippen LogP contribution >= 0.6 is 34.8 Å². The van der Waals surface area contributed by atoms with Gasteiger partial charge in [0.2, 0.25) is 10.0 Å². The van der Waals surface area contributed by atoms with Crippen LogP contribution in [0.25, 0.3) is 0 Å². The second-order valence-corrected chi connectivity index (χ2v) is 9.69. The number of nitrogens with zero attached hydrogens (tertiary/aromatic N) is 1. The third-order valence-electron chi connectivity index (χ3n) is 4.38. The molecule has 0 bridgehead atoms. The zero-order valence-electron chi connectivity index (χ0n) is 16.2. The molecule has 13 heteroatoms. The number of anilines is 1. The lowest BCUT2D eigenvalue weighted by atomic mass is 10.2. The van der Waals surface area contributed by atoms with Crippen molar-refractivity contribution in [2.75, 3.05) is 38.2 Å². The molecule has 1 N–H and O–H groups in total. The van der Waals surface area contributed by atoms with Gasteiger partial charge in [0, 0.05) is 13.1 Å². The molecule has 2 aromatic carbocycles. The van der Waals surface area contributed by atoms with Crippen LogP contribution in [0.2, 0.25) is 15.1 Å². The summed E-state index contributed by atoms with van der Waals surface area (Å²) >= 11 is 17.7. The fourth-order valence-electron chi connectivity index (χ4n) is 2.77. The summed E-state index contributed by atoms with van der Waals surface area (Å²) in [5.74, 6) is -2.99. The second kappa shape index (κ2) is 10.3. The molecule has 0 aromatic heterocycles. The molecule has 2 aromatic rings. The SMILES string of the molecule is O=C(COC(=O)c1cc(S(=O)(=O)N2CCOCC2)ccc1F)Nc1cc(Cl)c(Cl)cc1Cl. The highest BCUT2D eigenvalue weighted by molar-refractivity contribution is 7.89. The zero-order chi connectivity index (χ0) is 23.5. The van der Waals surface area contributed by atoms with Gasteiger partial charge in [-0.05, 0) is 30.3 Å². The van der Waals surface area contributed by atoms with Gasteiger partial charge in [-0.25, -0.2) is 17.6 Å². The second-order valence-electron chi connectivity index (χ2n) is 6.53. The minimum Gasteiger partial charge on any atom is -0.452 e. The average molecular weight is 526 g/mol. The number of esters is 1. The van der Waals surface area contributed by atoms with E-state index < -0.39 is 39.9 Å². The van der Waals surface area contributed by atoms with E-state index in [1.807, 2.05) is 0 Å². The number of carbonyl (C=O) groups excluding carboxylic acids is 2. The Kier molecular flexibility index (Phi) is 7.97. The van der Waals surface area contributed by atoms with Crippen LogP contribution in [0.1, 0.15) is 10.4 Å². The molecule has 3 rings (SSSR count). The van der Waals surface area contributed by atoms with Crippen molar-refractivity contribution in [2.45, 2.75) is 4.90 Å². The Balaban J connectivity index is 1.69. The van der Waals surface area contributed by atoms with Crippen molar-refractivity contribution in [2.24, 2.45) is 0 Å². The van der Waals surface area contributed by atoms with Crippen molar-refractivity contribution >= 4 is 62.4 Å². The van der Waals surface area contributed by atoms with E-state index >= 15 is 0 Å². The number of rotatable bonds is 6. The summed E-state index contributed by atoms with van der Waals surface area (Å²) in [7, 11) is -3.96. The number of hydrogen-bond acceptors (Lipinski definition) is 6. The van der Waals surface area contributed by atoms with Crippen LogP contribution in [0, 0.1) is 5.82 Å². The first-order chi connectivity index (χ1) is 15.1. The minimum atomic E-state index is -3.96. The summed E-state index contributed by atoms with van der Waals surface area (Å²) in [6.45, 7) is -0.0519. The lowest BCUT2D eigenvalue weighted by molar-refractivity contribution is -0.119. The molecule has 1 amide bonds. The molecule has 1 fully saturated rings. The van der Waals surface area contributed by atoms with E-state index in [0.717, 1.165) is 18.2 Å². The number of nitrogens with one attached hydrogen (secondary N) is 1. The predicted molar refractivity (Wildman–Crippen MR) is 116 cm³/mol. The minimum absolute atomic E-state index is 0.103. The highest BCUT2D eigenvalue weighted by Crippen LogP contribution is 2.32. The highest BCUT2D eigenvalue weighted by Gasteiger charge is 2.28. The quantitative estimate of drug-likeness (QED) is 0.457. The monoisotopic (exact) mass is 524 g/mol. The molecule has 1 aliphatic heterocycles. The number of morpholine rings is 1. The van der Waals surface area contributed by atoms with Crippen LogP contribution in [-0.4, -0.2) is 57.5 Å². The van der Waals surface area contributed by atoms with E-state index in [4.69, 9.17) is 44.3 Å². The predicted octanol–water partition coefficient (Wildman–Crippen LogP) is 3.60. The topological polar surface area (TPSA) is 102 Å². The van der Waals surface area contributed by atoms with Gasteiger partial charge in [0.25, 0.3) is 5.91 Å². The summed E-state index contributed by atoms with van der Waals surface area (Å²) in [6.07, 6.45) is 0. The number of sulfonamides is 1. The summed E-state index contributed by atoms with van der Waals surface area (Å²) < 4.78 is 50.8. The average Bonchev–Trinajstić information content (AvgIpc) is 2.76. The third-order valence-corrected chi connectivity index (χ3v) is 7.31. The summed E-state index contributed by atoms with van der Waals surface area (Å²) in [4.78, 5) is 24.1.